The van der Waals surface area contributed by atoms with E-state index in [0.717, 1.165) is 19.3 Å². The maximum absolute atomic E-state index is 5.61. The largest absolute Gasteiger partial charge is 0.339 e. The van der Waals surface area contributed by atoms with Gasteiger partial charge in [-0.1, -0.05) is 19.0 Å². The molecule has 2 heterocycles. The van der Waals surface area contributed by atoms with Gasteiger partial charge in [0, 0.05) is 12.6 Å². The Morgan fingerprint density at radius 2 is 2.05 bits per heavy atom. The Bertz CT molecular complexity index is 564. The maximum Gasteiger partial charge on any atom is 0.227 e. The smallest absolute Gasteiger partial charge is 0.227 e. The van der Waals surface area contributed by atoms with E-state index < -0.39 is 0 Å². The fraction of sp³-hybridized carbons (Fsp3) is 0.571. The molecule has 0 aliphatic heterocycles. The van der Waals surface area contributed by atoms with Crippen molar-refractivity contribution < 1.29 is 4.52 Å². The van der Waals surface area contributed by atoms with Crippen LogP contribution in [0.1, 0.15) is 38.4 Å². The van der Waals surface area contributed by atoms with E-state index in [1.807, 2.05) is 6.92 Å². The lowest BCUT2D eigenvalue weighted by Crippen LogP contribution is -2.17. The molecule has 0 unspecified atom stereocenters. The minimum Gasteiger partial charge on any atom is -0.339 e. The summed E-state index contributed by atoms with van der Waals surface area (Å²) in [4.78, 5) is 12.7. The zero-order chi connectivity index (χ0) is 14.6. The van der Waals surface area contributed by atoms with Gasteiger partial charge in [-0.25, -0.2) is 9.97 Å². The number of aryl methyl sites for hydroxylation is 2. The molecule has 108 valence electrons. The van der Waals surface area contributed by atoms with Crippen molar-refractivity contribution in [3.8, 4) is 11.5 Å². The summed E-state index contributed by atoms with van der Waals surface area (Å²) in [7, 11) is 0. The van der Waals surface area contributed by atoms with Crippen LogP contribution in [-0.2, 0) is 6.42 Å². The van der Waals surface area contributed by atoms with Crippen LogP contribution in [0, 0.1) is 12.3 Å². The highest BCUT2D eigenvalue weighted by atomic mass is 16.5. The van der Waals surface area contributed by atoms with Crippen LogP contribution in [0.25, 0.3) is 11.5 Å². The molecule has 0 aliphatic rings. The van der Waals surface area contributed by atoms with E-state index in [-0.39, 0.29) is 5.41 Å². The van der Waals surface area contributed by atoms with E-state index in [4.69, 9.17) is 10.3 Å². The molecule has 6 heteroatoms. The van der Waals surface area contributed by atoms with Crippen LogP contribution in [-0.4, -0.2) is 26.7 Å². The standard InChI is InChI=1S/C14H21N5O/c1-10-16-9-5-11(17-10)13-18-12(20-19-13)4-6-14(2,3)7-8-15/h5,9H,4,6-8,15H2,1-3H3. The second-order valence-corrected chi connectivity index (χ2v) is 5.70. The SMILES string of the molecule is Cc1nccc(-c2noc(CCC(C)(C)CCN)n2)n1. The number of aromatic nitrogens is 4. The molecular formula is C14H21N5O. The van der Waals surface area contributed by atoms with E-state index >= 15 is 0 Å². The lowest BCUT2D eigenvalue weighted by molar-refractivity contribution is 0.289. The molecule has 0 radical (unpaired) electrons. The Hall–Kier alpha value is -1.82. The Balaban J connectivity index is 2.03. The molecule has 2 aromatic rings. The first-order valence-electron chi connectivity index (χ1n) is 6.83. The summed E-state index contributed by atoms with van der Waals surface area (Å²) in [6, 6.07) is 1.78. The van der Waals surface area contributed by atoms with Crippen molar-refractivity contribution >= 4 is 0 Å². The van der Waals surface area contributed by atoms with Gasteiger partial charge in [0.2, 0.25) is 11.7 Å². The highest BCUT2D eigenvalue weighted by molar-refractivity contribution is 5.46. The van der Waals surface area contributed by atoms with Crippen LogP contribution in [0.5, 0.6) is 0 Å². The topological polar surface area (TPSA) is 90.7 Å². The normalized spacial score (nSPS) is 11.8. The summed E-state index contributed by atoms with van der Waals surface area (Å²) >= 11 is 0. The first-order valence-corrected chi connectivity index (χ1v) is 6.83. The highest BCUT2D eigenvalue weighted by Gasteiger charge is 2.19. The minimum absolute atomic E-state index is 0.189. The molecule has 0 saturated heterocycles. The van der Waals surface area contributed by atoms with E-state index in [2.05, 4.69) is 34.0 Å². The third-order valence-corrected chi connectivity index (χ3v) is 3.31. The summed E-state index contributed by atoms with van der Waals surface area (Å²) in [5.41, 5.74) is 6.49. The second kappa shape index (κ2) is 6.09. The first-order chi connectivity index (χ1) is 9.50. The van der Waals surface area contributed by atoms with Gasteiger partial charge in [-0.2, -0.15) is 4.98 Å². The molecule has 6 nitrogen and oxygen atoms in total. The highest BCUT2D eigenvalue weighted by Crippen LogP contribution is 2.26. The Labute approximate surface area is 118 Å². The van der Waals surface area contributed by atoms with Gasteiger partial charge < -0.3 is 10.3 Å². The number of hydrogen-bond donors (Lipinski definition) is 1. The fourth-order valence-electron chi connectivity index (χ4n) is 2.00. The average molecular weight is 275 g/mol. The Kier molecular flexibility index (Phi) is 4.44. The van der Waals surface area contributed by atoms with Gasteiger partial charge in [-0.3, -0.25) is 0 Å². The molecule has 0 aromatic carbocycles. The van der Waals surface area contributed by atoms with Crippen LogP contribution < -0.4 is 5.73 Å². The van der Waals surface area contributed by atoms with Crippen molar-refractivity contribution in [3.63, 3.8) is 0 Å². The van der Waals surface area contributed by atoms with Gasteiger partial charge in [-0.15, -0.1) is 0 Å². The van der Waals surface area contributed by atoms with Crippen molar-refractivity contribution in [1.29, 1.82) is 0 Å². The molecule has 2 N–H and O–H groups in total. The summed E-state index contributed by atoms with van der Waals surface area (Å²) in [6.45, 7) is 6.93. The number of rotatable bonds is 6. The number of nitrogens with zero attached hydrogens (tertiary/aromatic N) is 4. The maximum atomic E-state index is 5.61. The van der Waals surface area contributed by atoms with Crippen molar-refractivity contribution in [3.05, 3.63) is 24.0 Å². The summed E-state index contributed by atoms with van der Waals surface area (Å²) in [5, 5.41) is 3.97. The number of nitrogens with two attached hydrogens (primary N) is 1. The zero-order valence-corrected chi connectivity index (χ0v) is 12.3. The molecule has 0 bridgehead atoms. The van der Waals surface area contributed by atoms with E-state index in [9.17, 15) is 0 Å². The lowest BCUT2D eigenvalue weighted by atomic mass is 9.84. The van der Waals surface area contributed by atoms with E-state index in [0.29, 0.717) is 29.8 Å². The first kappa shape index (κ1) is 14.6. The van der Waals surface area contributed by atoms with Gasteiger partial charge in [0.15, 0.2) is 0 Å². The third-order valence-electron chi connectivity index (χ3n) is 3.31. The zero-order valence-electron chi connectivity index (χ0n) is 12.3. The van der Waals surface area contributed by atoms with Crippen LogP contribution in [0.15, 0.2) is 16.8 Å². The quantitative estimate of drug-likeness (QED) is 0.868. The molecular weight excluding hydrogens is 254 g/mol. The molecule has 0 spiro atoms. The average Bonchev–Trinajstić information content (AvgIpc) is 2.85. The lowest BCUT2D eigenvalue weighted by Gasteiger charge is -2.22. The Morgan fingerprint density at radius 3 is 2.75 bits per heavy atom. The van der Waals surface area contributed by atoms with Gasteiger partial charge in [0.1, 0.15) is 11.5 Å². The molecule has 0 amide bonds. The van der Waals surface area contributed by atoms with Crippen LogP contribution >= 0.6 is 0 Å². The van der Waals surface area contributed by atoms with Crippen LogP contribution in [0.2, 0.25) is 0 Å². The Morgan fingerprint density at radius 1 is 1.25 bits per heavy atom. The van der Waals surface area contributed by atoms with Crippen molar-refractivity contribution in [2.45, 2.75) is 40.0 Å². The van der Waals surface area contributed by atoms with Crippen LogP contribution in [0.4, 0.5) is 0 Å². The van der Waals surface area contributed by atoms with Gasteiger partial charge >= 0.3 is 0 Å². The predicted molar refractivity (Wildman–Crippen MR) is 75.8 cm³/mol. The molecule has 20 heavy (non-hydrogen) atoms. The molecule has 0 saturated carbocycles. The molecule has 0 fully saturated rings. The molecule has 2 rings (SSSR count). The summed E-state index contributed by atoms with van der Waals surface area (Å²) in [5.74, 6) is 1.85. The molecule has 0 aliphatic carbocycles. The van der Waals surface area contributed by atoms with E-state index in [1.165, 1.54) is 0 Å². The third kappa shape index (κ3) is 3.84. The van der Waals surface area contributed by atoms with Crippen molar-refractivity contribution in [1.82, 2.24) is 20.1 Å². The van der Waals surface area contributed by atoms with E-state index in [1.54, 1.807) is 12.3 Å². The summed E-state index contributed by atoms with van der Waals surface area (Å²) < 4.78 is 5.28. The fourth-order valence-corrected chi connectivity index (χ4v) is 2.00. The number of hydrogen-bond acceptors (Lipinski definition) is 6. The molecule has 0 atom stereocenters. The summed E-state index contributed by atoms with van der Waals surface area (Å²) in [6.07, 6.45) is 4.40. The van der Waals surface area contributed by atoms with Crippen molar-refractivity contribution in [2.75, 3.05) is 6.54 Å². The van der Waals surface area contributed by atoms with Crippen molar-refractivity contribution in [2.24, 2.45) is 11.1 Å². The molecule has 2 aromatic heterocycles. The minimum atomic E-state index is 0.189. The van der Waals surface area contributed by atoms with Gasteiger partial charge in [-0.05, 0) is 37.8 Å². The van der Waals surface area contributed by atoms with Crippen LogP contribution in [0.3, 0.4) is 0 Å². The monoisotopic (exact) mass is 275 g/mol. The second-order valence-electron chi connectivity index (χ2n) is 5.70. The predicted octanol–water partition coefficient (Wildman–Crippen LogP) is 2.14. The van der Waals surface area contributed by atoms with Gasteiger partial charge in [0.25, 0.3) is 0 Å². The van der Waals surface area contributed by atoms with Gasteiger partial charge in [0.05, 0.1) is 0 Å².